The summed E-state index contributed by atoms with van der Waals surface area (Å²) in [6.45, 7) is -0.425. The Balaban J connectivity index is 1.39. The van der Waals surface area contributed by atoms with Gasteiger partial charge in [0.2, 0.25) is 5.91 Å². The van der Waals surface area contributed by atoms with Gasteiger partial charge >= 0.3 is 6.03 Å². The van der Waals surface area contributed by atoms with Gasteiger partial charge < -0.3 is 15.6 Å². The number of carbonyl (C=O) groups is 3. The minimum atomic E-state index is -3.12. The smallest absolute Gasteiger partial charge is 0.325 e. The van der Waals surface area contributed by atoms with Crippen molar-refractivity contribution in [2.45, 2.75) is 24.9 Å². The van der Waals surface area contributed by atoms with E-state index >= 15 is 0 Å². The number of imide groups is 1. The molecule has 4 rings (SSSR count). The number of hydrogen-bond acceptors (Lipinski definition) is 5. The van der Waals surface area contributed by atoms with E-state index in [1.54, 1.807) is 6.20 Å². The Morgan fingerprint density at radius 3 is 2.79 bits per heavy atom. The van der Waals surface area contributed by atoms with Crippen LogP contribution in [0.2, 0.25) is 0 Å². The fraction of sp³-hybridized carbons (Fsp3) is 0.389. The van der Waals surface area contributed by atoms with Gasteiger partial charge in [-0.05, 0) is 18.1 Å². The molecule has 28 heavy (non-hydrogen) atoms. The van der Waals surface area contributed by atoms with E-state index in [4.69, 9.17) is 0 Å². The molecule has 2 aromatic rings. The number of urea groups is 1. The number of H-pyrrole nitrogens is 1. The minimum absolute atomic E-state index is 0.0355. The van der Waals surface area contributed by atoms with Gasteiger partial charge in [0.05, 0.1) is 11.5 Å². The van der Waals surface area contributed by atoms with E-state index in [1.807, 2.05) is 24.3 Å². The summed E-state index contributed by atoms with van der Waals surface area (Å²) in [6.07, 6.45) is 2.46. The number of carbonyl (C=O) groups excluding carboxylic acids is 3. The first-order valence-corrected chi connectivity index (χ1v) is 10.8. The highest BCUT2D eigenvalue weighted by atomic mass is 32.2. The monoisotopic (exact) mass is 404 g/mol. The van der Waals surface area contributed by atoms with Crippen molar-refractivity contribution in [3.63, 3.8) is 0 Å². The summed E-state index contributed by atoms with van der Waals surface area (Å²) in [5.41, 5.74) is 1.84. The van der Waals surface area contributed by atoms with Gasteiger partial charge in [-0.1, -0.05) is 18.2 Å². The first kappa shape index (κ1) is 18.5. The molecule has 2 atom stereocenters. The third kappa shape index (κ3) is 3.59. The molecular weight excluding hydrogens is 384 g/mol. The van der Waals surface area contributed by atoms with Crippen molar-refractivity contribution in [3.8, 4) is 0 Å². The predicted octanol–water partition coefficient (Wildman–Crippen LogP) is -0.0659. The third-order valence-electron chi connectivity index (χ3n) is 5.11. The number of benzene rings is 1. The number of aromatic amines is 1. The lowest BCUT2D eigenvalue weighted by Crippen LogP contribution is -2.45. The lowest BCUT2D eigenvalue weighted by molar-refractivity contribution is -0.132. The fourth-order valence-corrected chi connectivity index (χ4v) is 5.38. The highest BCUT2D eigenvalue weighted by Gasteiger charge is 2.39. The number of hydrogen-bond donors (Lipinski definition) is 3. The molecule has 3 N–H and O–H groups in total. The Kier molecular flexibility index (Phi) is 4.58. The number of fused-ring (bicyclic) bond motifs is 1. The number of aromatic nitrogens is 1. The van der Waals surface area contributed by atoms with Crippen molar-refractivity contribution >= 4 is 38.6 Å². The number of para-hydroxylation sites is 1. The van der Waals surface area contributed by atoms with Crippen LogP contribution in [0.3, 0.4) is 0 Å². The molecule has 0 saturated carbocycles. The number of nitrogens with one attached hydrogen (secondary N) is 3. The van der Waals surface area contributed by atoms with Crippen molar-refractivity contribution < 1.29 is 22.8 Å². The summed E-state index contributed by atoms with van der Waals surface area (Å²) in [6, 6.07) is 5.82. The summed E-state index contributed by atoms with van der Waals surface area (Å²) < 4.78 is 23.0. The Morgan fingerprint density at radius 2 is 2.04 bits per heavy atom. The van der Waals surface area contributed by atoms with Crippen molar-refractivity contribution in [2.75, 3.05) is 18.1 Å². The van der Waals surface area contributed by atoms with Gasteiger partial charge in [0.25, 0.3) is 5.91 Å². The molecule has 1 aromatic carbocycles. The molecule has 148 valence electrons. The second-order valence-electron chi connectivity index (χ2n) is 7.16. The fourth-order valence-electron chi connectivity index (χ4n) is 3.71. The molecule has 2 aliphatic rings. The van der Waals surface area contributed by atoms with Crippen LogP contribution in [-0.4, -0.2) is 66.3 Å². The van der Waals surface area contributed by atoms with E-state index in [-0.39, 0.29) is 11.5 Å². The third-order valence-corrected chi connectivity index (χ3v) is 6.87. The lowest BCUT2D eigenvalue weighted by Gasteiger charge is -2.15. The molecule has 0 bridgehead atoms. The number of rotatable bonds is 5. The Morgan fingerprint density at radius 1 is 1.25 bits per heavy atom. The highest BCUT2D eigenvalue weighted by Crippen LogP contribution is 2.21. The van der Waals surface area contributed by atoms with Crippen LogP contribution in [0.4, 0.5) is 4.79 Å². The summed E-state index contributed by atoms with van der Waals surface area (Å²) in [7, 11) is -3.12. The molecule has 4 amide bonds. The van der Waals surface area contributed by atoms with Crippen LogP contribution >= 0.6 is 0 Å². The normalized spacial score (nSPS) is 23.9. The van der Waals surface area contributed by atoms with Gasteiger partial charge in [0.15, 0.2) is 9.84 Å². The van der Waals surface area contributed by atoms with E-state index in [1.165, 1.54) is 0 Å². The maximum Gasteiger partial charge on any atom is 0.325 e. The molecule has 2 aliphatic heterocycles. The molecule has 3 heterocycles. The van der Waals surface area contributed by atoms with Gasteiger partial charge in [-0.25, -0.2) is 13.2 Å². The highest BCUT2D eigenvalue weighted by molar-refractivity contribution is 7.91. The Bertz CT molecular complexity index is 1060. The minimum Gasteiger partial charge on any atom is -0.361 e. The second kappa shape index (κ2) is 6.93. The van der Waals surface area contributed by atoms with Crippen LogP contribution in [0.15, 0.2) is 30.5 Å². The van der Waals surface area contributed by atoms with Crippen LogP contribution in [0.5, 0.6) is 0 Å². The van der Waals surface area contributed by atoms with Gasteiger partial charge in [0.1, 0.15) is 12.6 Å². The van der Waals surface area contributed by atoms with E-state index in [0.29, 0.717) is 12.8 Å². The molecular formula is C18H20N4O5S. The number of nitrogens with zero attached hydrogens (tertiary/aromatic N) is 1. The van der Waals surface area contributed by atoms with Crippen LogP contribution in [0.1, 0.15) is 12.0 Å². The second-order valence-corrected chi connectivity index (χ2v) is 9.39. The maximum absolute atomic E-state index is 12.6. The van der Waals surface area contributed by atoms with Crippen LogP contribution in [0, 0.1) is 0 Å². The zero-order chi connectivity index (χ0) is 19.9. The predicted molar refractivity (Wildman–Crippen MR) is 101 cm³/mol. The average molecular weight is 404 g/mol. The molecule has 0 radical (unpaired) electrons. The molecule has 0 unspecified atom stereocenters. The summed E-state index contributed by atoms with van der Waals surface area (Å²) >= 11 is 0. The summed E-state index contributed by atoms with van der Waals surface area (Å²) in [4.78, 5) is 41.0. The van der Waals surface area contributed by atoms with E-state index in [0.717, 1.165) is 21.4 Å². The zero-order valence-corrected chi connectivity index (χ0v) is 15.8. The van der Waals surface area contributed by atoms with Crippen LogP contribution < -0.4 is 10.6 Å². The molecule has 0 spiro atoms. The zero-order valence-electron chi connectivity index (χ0n) is 15.0. The standard InChI is InChI=1S/C18H20N4O5S/c23-16(20-12-5-6-28(26,27)10-12)9-22-17(24)15(21-18(22)25)7-11-8-19-14-4-2-1-3-13(11)14/h1-4,8,12,15,19H,5-7,9-10H2,(H,20,23)(H,21,25)/t12-,15-/m1/s1. The molecule has 2 saturated heterocycles. The quantitative estimate of drug-likeness (QED) is 0.601. The van der Waals surface area contributed by atoms with Gasteiger partial charge in [0, 0.05) is 29.6 Å². The van der Waals surface area contributed by atoms with Gasteiger partial charge in [-0.15, -0.1) is 0 Å². The van der Waals surface area contributed by atoms with Crippen molar-refractivity contribution in [2.24, 2.45) is 0 Å². The Hall–Kier alpha value is -2.88. The number of sulfone groups is 1. The molecule has 10 heteroatoms. The first-order chi connectivity index (χ1) is 13.3. The van der Waals surface area contributed by atoms with E-state index in [9.17, 15) is 22.8 Å². The maximum atomic E-state index is 12.6. The van der Waals surface area contributed by atoms with Crippen LogP contribution in [0.25, 0.3) is 10.9 Å². The average Bonchev–Trinajstić information content (AvgIpc) is 3.28. The summed E-state index contributed by atoms with van der Waals surface area (Å²) in [5.74, 6) is -1.08. The van der Waals surface area contributed by atoms with Crippen molar-refractivity contribution in [3.05, 3.63) is 36.0 Å². The first-order valence-electron chi connectivity index (χ1n) is 8.99. The van der Waals surface area contributed by atoms with E-state index < -0.39 is 46.3 Å². The largest absolute Gasteiger partial charge is 0.361 e. The Labute approximate surface area is 161 Å². The van der Waals surface area contributed by atoms with Crippen molar-refractivity contribution in [1.29, 1.82) is 0 Å². The lowest BCUT2D eigenvalue weighted by atomic mass is 10.1. The van der Waals surface area contributed by atoms with Gasteiger partial charge in [-0.3, -0.25) is 14.5 Å². The van der Waals surface area contributed by atoms with Gasteiger partial charge in [-0.2, -0.15) is 0 Å². The topological polar surface area (TPSA) is 128 Å². The van der Waals surface area contributed by atoms with E-state index in [2.05, 4.69) is 15.6 Å². The van der Waals surface area contributed by atoms with Crippen molar-refractivity contribution in [1.82, 2.24) is 20.5 Å². The van der Waals surface area contributed by atoms with Crippen LogP contribution in [-0.2, 0) is 25.8 Å². The molecule has 0 aliphatic carbocycles. The molecule has 2 fully saturated rings. The molecule has 1 aromatic heterocycles. The SMILES string of the molecule is O=C(CN1C(=O)N[C@H](Cc2c[nH]c3ccccc23)C1=O)N[C@@H]1CCS(=O)(=O)C1. The number of amides is 4. The molecule has 9 nitrogen and oxygen atoms in total. The summed E-state index contributed by atoms with van der Waals surface area (Å²) in [5, 5.41) is 6.18.